The maximum Gasteiger partial charge on any atom is 0.128 e. The Morgan fingerprint density at radius 2 is 2.25 bits per heavy atom. The van der Waals surface area contributed by atoms with Crippen LogP contribution in [0.3, 0.4) is 0 Å². The summed E-state index contributed by atoms with van der Waals surface area (Å²) in [6.45, 7) is 3.51. The molecular weight excluding hydrogens is 102 g/mol. The van der Waals surface area contributed by atoms with Gasteiger partial charge in [-0.15, -0.1) is 0 Å². The lowest BCUT2D eigenvalue weighted by atomic mass is 10.3. The van der Waals surface area contributed by atoms with Crippen molar-refractivity contribution in [2.24, 2.45) is 0 Å². The van der Waals surface area contributed by atoms with Crippen molar-refractivity contribution in [1.29, 1.82) is 0 Å². The maximum absolute atomic E-state index is 10.6. The molecule has 1 atom stereocenters. The van der Waals surface area contributed by atoms with Gasteiger partial charge in [0.2, 0.25) is 0 Å². The van der Waals surface area contributed by atoms with Crippen molar-refractivity contribution >= 4 is 0 Å². The van der Waals surface area contributed by atoms with E-state index in [0.29, 0.717) is 5.70 Å². The Morgan fingerprint density at radius 1 is 1.50 bits per heavy atom. The second-order valence-corrected chi connectivity index (χ2v) is 1.61. The molecule has 0 spiro atoms. The monoisotopic (exact) mass is 109 g/mol. The molecule has 1 aliphatic rings. The van der Waals surface area contributed by atoms with Gasteiger partial charge in [-0.3, -0.25) is 0 Å². The van der Waals surface area contributed by atoms with Gasteiger partial charge in [0, 0.05) is 0 Å². The molecule has 0 fully saturated rings. The van der Waals surface area contributed by atoms with Gasteiger partial charge in [0.1, 0.15) is 5.70 Å². The lowest BCUT2D eigenvalue weighted by molar-refractivity contribution is -0.742. The third kappa shape index (κ3) is 0.857. The van der Waals surface area contributed by atoms with Gasteiger partial charge in [0.15, 0.2) is 0 Å². The average Bonchev–Trinajstić information content (AvgIpc) is 1.77. The van der Waals surface area contributed by atoms with Gasteiger partial charge in [0.25, 0.3) is 0 Å². The molecule has 1 aliphatic heterocycles. The summed E-state index contributed by atoms with van der Waals surface area (Å²) in [6.07, 6.45) is 6.70. The lowest BCUT2D eigenvalue weighted by Crippen LogP contribution is -3.00. The zero-order valence-electron chi connectivity index (χ0n) is 4.42. The molecule has 2 nitrogen and oxygen atoms in total. The predicted octanol–water partition coefficient (Wildman–Crippen LogP) is -0.0337. The minimum absolute atomic E-state index is 0.00694. The number of nitrogens with one attached hydrogen (secondary N) is 1. The van der Waals surface area contributed by atoms with Gasteiger partial charge in [-0.05, 0) is 18.7 Å². The van der Waals surface area contributed by atoms with Crippen LogP contribution in [0.4, 0.5) is 0 Å². The molecule has 0 saturated heterocycles. The quantitative estimate of drug-likeness (QED) is 0.434. The third-order valence-electron chi connectivity index (χ3n) is 0.973. The molecule has 0 aliphatic carbocycles. The van der Waals surface area contributed by atoms with Crippen LogP contribution in [0, 0.1) is 5.21 Å². The number of hydrogen-bond acceptors (Lipinski definition) is 1. The van der Waals surface area contributed by atoms with Gasteiger partial charge >= 0.3 is 0 Å². The predicted molar refractivity (Wildman–Crippen MR) is 31.7 cm³/mol. The van der Waals surface area contributed by atoms with E-state index < -0.39 is 0 Å². The first-order valence-electron chi connectivity index (χ1n) is 2.39. The molecule has 0 aromatic heterocycles. The maximum atomic E-state index is 10.6. The summed E-state index contributed by atoms with van der Waals surface area (Å²) in [4.78, 5) is 0. The van der Waals surface area contributed by atoms with Crippen LogP contribution in [-0.2, 0) is 0 Å². The van der Waals surface area contributed by atoms with Crippen LogP contribution in [0.2, 0.25) is 0 Å². The Bertz CT molecular complexity index is 158. The summed E-state index contributed by atoms with van der Waals surface area (Å²) >= 11 is 0. The summed E-state index contributed by atoms with van der Waals surface area (Å²) in [7, 11) is 0. The fourth-order valence-electron chi connectivity index (χ4n) is 0.504. The molecule has 1 heterocycles. The van der Waals surface area contributed by atoms with Crippen LogP contribution in [0.25, 0.3) is 0 Å². The van der Waals surface area contributed by atoms with Crippen LogP contribution < -0.4 is 5.06 Å². The van der Waals surface area contributed by atoms with Crippen LogP contribution >= 0.6 is 0 Å². The van der Waals surface area contributed by atoms with Crippen molar-refractivity contribution in [3.05, 3.63) is 41.9 Å². The van der Waals surface area contributed by atoms with Crippen molar-refractivity contribution < 1.29 is 5.06 Å². The average molecular weight is 109 g/mol. The first-order valence-corrected chi connectivity index (χ1v) is 2.39. The molecule has 2 heteroatoms. The number of rotatable bonds is 0. The molecule has 1 N–H and O–H groups in total. The molecule has 1 rings (SSSR count). The zero-order chi connectivity index (χ0) is 5.98. The Kier molecular flexibility index (Phi) is 1.28. The highest BCUT2D eigenvalue weighted by molar-refractivity contribution is 5.16. The third-order valence-corrected chi connectivity index (χ3v) is 0.973. The molecule has 0 amide bonds. The normalized spacial score (nSPS) is 26.6. The molecule has 0 aromatic rings. The summed E-state index contributed by atoms with van der Waals surface area (Å²) in [5.74, 6) is 0. The summed E-state index contributed by atoms with van der Waals surface area (Å²) in [5, 5.41) is 10.6. The van der Waals surface area contributed by atoms with E-state index in [1.807, 2.05) is 0 Å². The van der Waals surface area contributed by atoms with E-state index in [1.54, 1.807) is 18.2 Å². The molecule has 0 radical (unpaired) electrons. The molecule has 42 valence electrons. The fourth-order valence-corrected chi connectivity index (χ4v) is 0.504. The van der Waals surface area contributed by atoms with Gasteiger partial charge in [-0.1, -0.05) is 6.08 Å². The van der Waals surface area contributed by atoms with Gasteiger partial charge < -0.3 is 10.3 Å². The van der Waals surface area contributed by atoms with Crippen LogP contribution in [0.15, 0.2) is 36.7 Å². The highest BCUT2D eigenvalue weighted by Crippen LogP contribution is 1.86. The number of hydroxylamine groups is 2. The smallest absolute Gasteiger partial charge is 0.128 e. The van der Waals surface area contributed by atoms with Crippen molar-refractivity contribution in [1.82, 2.24) is 0 Å². The molecule has 0 saturated carbocycles. The van der Waals surface area contributed by atoms with E-state index in [4.69, 9.17) is 0 Å². The van der Waals surface area contributed by atoms with E-state index >= 15 is 0 Å². The number of allylic oxidation sites excluding steroid dienone is 3. The second-order valence-electron chi connectivity index (χ2n) is 1.61. The van der Waals surface area contributed by atoms with Gasteiger partial charge in [-0.25, -0.2) is 0 Å². The minimum atomic E-state index is 0.00694. The van der Waals surface area contributed by atoms with Crippen LogP contribution in [0.5, 0.6) is 0 Å². The summed E-state index contributed by atoms with van der Waals surface area (Å²) in [6, 6.07) is 0. The zero-order valence-corrected chi connectivity index (χ0v) is 4.42. The molecule has 8 heavy (non-hydrogen) atoms. The Balaban J connectivity index is 2.74. The summed E-state index contributed by atoms with van der Waals surface area (Å²) in [5.41, 5.74) is 0.563. The molecular formula is C6H7NO. The Labute approximate surface area is 48.0 Å². The standard InChI is InChI=1S/C6H7NO/c1-6-4-2-3-5-7(6)8/h2-5,7H,1H2. The van der Waals surface area contributed by atoms with Crippen LogP contribution in [0.1, 0.15) is 0 Å². The number of quaternary nitrogens is 1. The fraction of sp³-hybridized carbons (Fsp3) is 0. The Morgan fingerprint density at radius 3 is 2.62 bits per heavy atom. The van der Waals surface area contributed by atoms with Crippen molar-refractivity contribution in [3.63, 3.8) is 0 Å². The summed E-state index contributed by atoms with van der Waals surface area (Å²) < 4.78 is 0. The second kappa shape index (κ2) is 1.94. The van der Waals surface area contributed by atoms with Crippen molar-refractivity contribution in [3.8, 4) is 0 Å². The van der Waals surface area contributed by atoms with E-state index in [-0.39, 0.29) is 5.06 Å². The lowest BCUT2D eigenvalue weighted by Gasteiger charge is -2.17. The van der Waals surface area contributed by atoms with E-state index in [1.165, 1.54) is 6.20 Å². The van der Waals surface area contributed by atoms with Gasteiger partial charge in [0.05, 0.1) is 6.20 Å². The number of hydrogen-bond donors (Lipinski definition) is 1. The minimum Gasteiger partial charge on any atom is -0.624 e. The van der Waals surface area contributed by atoms with Gasteiger partial charge in [-0.2, -0.15) is 0 Å². The van der Waals surface area contributed by atoms with E-state index in [0.717, 1.165) is 0 Å². The van der Waals surface area contributed by atoms with Crippen molar-refractivity contribution in [2.75, 3.05) is 0 Å². The SMILES string of the molecule is C=C1C=CC=C[NH+]1[O-]. The first-order chi connectivity index (χ1) is 3.80. The topological polar surface area (TPSA) is 27.5 Å². The molecule has 1 unspecified atom stereocenters. The molecule has 0 aromatic carbocycles. The first kappa shape index (κ1) is 5.28. The Hall–Kier alpha value is -0.860. The largest absolute Gasteiger partial charge is 0.624 e. The van der Waals surface area contributed by atoms with E-state index in [2.05, 4.69) is 6.58 Å². The van der Waals surface area contributed by atoms with Crippen molar-refractivity contribution in [2.45, 2.75) is 0 Å². The van der Waals surface area contributed by atoms with Crippen LogP contribution in [-0.4, -0.2) is 0 Å². The van der Waals surface area contributed by atoms with E-state index in [9.17, 15) is 5.21 Å². The highest BCUT2D eigenvalue weighted by Gasteiger charge is 1.96. The highest BCUT2D eigenvalue weighted by atomic mass is 16.5. The molecule has 0 bridgehead atoms.